The summed E-state index contributed by atoms with van der Waals surface area (Å²) in [6.07, 6.45) is 0. The Kier molecular flexibility index (Phi) is 7.17. The predicted molar refractivity (Wildman–Crippen MR) is 229 cm³/mol. The lowest BCUT2D eigenvalue weighted by Crippen LogP contribution is -2.11. The van der Waals surface area contributed by atoms with E-state index in [4.69, 9.17) is 8.83 Å². The van der Waals surface area contributed by atoms with Crippen LogP contribution in [0, 0.1) is 0 Å². The predicted octanol–water partition coefficient (Wildman–Crippen LogP) is 15.1. The minimum atomic E-state index is 0.832. The second-order valence-corrected chi connectivity index (χ2v) is 14.0. The quantitative estimate of drug-likeness (QED) is 0.173. The van der Waals surface area contributed by atoms with Gasteiger partial charge in [-0.15, -0.1) is 0 Å². The molecule has 0 aliphatic rings. The van der Waals surface area contributed by atoms with Gasteiger partial charge in [0.1, 0.15) is 22.3 Å². The maximum atomic E-state index is 7.06. The highest BCUT2D eigenvalue weighted by Gasteiger charge is 2.25. The standard InChI is InChI=1S/C52H33NO2/c1-3-12-34(13-4-1)36-22-26-39(27-23-36)53(40-28-24-37(25-29-40)35-14-5-2-6-15-35)45-31-30-44-51-48(33-32-47-50(51)43-19-9-10-21-46(43)54-47)55-52(44)49(45)42-20-11-17-38-16-7-8-18-41(38)42/h1-33H. The van der Waals surface area contributed by atoms with Crippen molar-refractivity contribution in [2.45, 2.75) is 0 Å². The van der Waals surface area contributed by atoms with Gasteiger partial charge in [0.15, 0.2) is 0 Å². The van der Waals surface area contributed by atoms with Crippen LogP contribution in [0.2, 0.25) is 0 Å². The Bertz CT molecular complexity index is 3090. The van der Waals surface area contributed by atoms with Crippen LogP contribution in [0.1, 0.15) is 0 Å². The topological polar surface area (TPSA) is 29.5 Å². The molecule has 11 aromatic rings. The van der Waals surface area contributed by atoms with Crippen molar-refractivity contribution in [2.24, 2.45) is 0 Å². The summed E-state index contributed by atoms with van der Waals surface area (Å²) < 4.78 is 13.4. The van der Waals surface area contributed by atoms with E-state index in [1.165, 1.54) is 27.6 Å². The highest BCUT2D eigenvalue weighted by Crippen LogP contribution is 2.50. The van der Waals surface area contributed by atoms with Gasteiger partial charge in [-0.2, -0.15) is 0 Å². The van der Waals surface area contributed by atoms with Crippen molar-refractivity contribution in [2.75, 3.05) is 4.90 Å². The summed E-state index contributed by atoms with van der Waals surface area (Å²) in [5.41, 5.74) is 13.4. The number of para-hydroxylation sites is 1. The van der Waals surface area contributed by atoms with Crippen LogP contribution in [-0.4, -0.2) is 0 Å². The molecule has 258 valence electrons. The number of rotatable bonds is 6. The van der Waals surface area contributed by atoms with Crippen LogP contribution >= 0.6 is 0 Å². The Hall–Kier alpha value is -7.36. The average molecular weight is 704 g/mol. The van der Waals surface area contributed by atoms with Crippen molar-refractivity contribution in [1.82, 2.24) is 0 Å². The Morgan fingerprint density at radius 1 is 0.327 bits per heavy atom. The molecule has 11 rings (SSSR count). The molecule has 0 radical (unpaired) electrons. The highest BCUT2D eigenvalue weighted by molar-refractivity contribution is 6.28. The molecule has 2 aromatic heterocycles. The van der Waals surface area contributed by atoms with E-state index < -0.39 is 0 Å². The molecule has 3 nitrogen and oxygen atoms in total. The molecule has 2 heterocycles. The summed E-state index contributed by atoms with van der Waals surface area (Å²) in [6, 6.07) is 70.9. The minimum Gasteiger partial charge on any atom is -0.456 e. The van der Waals surface area contributed by atoms with E-state index in [1.807, 2.05) is 18.2 Å². The maximum absolute atomic E-state index is 7.06. The Morgan fingerprint density at radius 2 is 0.855 bits per heavy atom. The zero-order chi connectivity index (χ0) is 36.3. The number of fused-ring (bicyclic) bond motifs is 8. The van der Waals surface area contributed by atoms with Crippen LogP contribution < -0.4 is 4.90 Å². The first-order valence-corrected chi connectivity index (χ1v) is 18.7. The first-order chi connectivity index (χ1) is 27.3. The largest absolute Gasteiger partial charge is 0.456 e. The van der Waals surface area contributed by atoms with Crippen molar-refractivity contribution in [3.05, 3.63) is 200 Å². The van der Waals surface area contributed by atoms with E-state index in [0.29, 0.717) is 0 Å². The van der Waals surface area contributed by atoms with Crippen LogP contribution in [-0.2, 0) is 0 Å². The van der Waals surface area contributed by atoms with Crippen LogP contribution in [0.5, 0.6) is 0 Å². The van der Waals surface area contributed by atoms with E-state index in [2.05, 4.69) is 187 Å². The smallest absolute Gasteiger partial charge is 0.145 e. The number of benzene rings is 9. The fourth-order valence-corrected chi connectivity index (χ4v) is 8.32. The average Bonchev–Trinajstić information content (AvgIpc) is 3.83. The first kappa shape index (κ1) is 31.2. The van der Waals surface area contributed by atoms with Crippen molar-refractivity contribution in [3.8, 4) is 33.4 Å². The van der Waals surface area contributed by atoms with Crippen molar-refractivity contribution in [1.29, 1.82) is 0 Å². The summed E-state index contributed by atoms with van der Waals surface area (Å²) in [5, 5.41) is 6.62. The molecule has 0 aliphatic heterocycles. The Balaban J connectivity index is 1.21. The fourth-order valence-electron chi connectivity index (χ4n) is 8.32. The molecule has 0 unspecified atom stereocenters. The molecule has 0 amide bonds. The van der Waals surface area contributed by atoms with Crippen molar-refractivity contribution >= 4 is 71.7 Å². The maximum Gasteiger partial charge on any atom is 0.145 e. The van der Waals surface area contributed by atoms with Gasteiger partial charge in [0.05, 0.1) is 5.69 Å². The lowest BCUT2D eigenvalue weighted by Gasteiger charge is -2.28. The Morgan fingerprint density at radius 3 is 1.53 bits per heavy atom. The van der Waals surface area contributed by atoms with E-state index in [9.17, 15) is 0 Å². The van der Waals surface area contributed by atoms with Crippen LogP contribution in [0.25, 0.3) is 88.0 Å². The van der Waals surface area contributed by atoms with Gasteiger partial charge in [-0.25, -0.2) is 0 Å². The molecule has 0 saturated carbocycles. The summed E-state index contributed by atoms with van der Waals surface area (Å²) >= 11 is 0. The third kappa shape index (κ3) is 5.13. The van der Waals surface area contributed by atoms with Crippen molar-refractivity contribution in [3.63, 3.8) is 0 Å². The summed E-state index contributed by atoms with van der Waals surface area (Å²) in [5.74, 6) is 0. The lowest BCUT2D eigenvalue weighted by atomic mass is 9.93. The van der Waals surface area contributed by atoms with Crippen LogP contribution in [0.15, 0.2) is 209 Å². The zero-order valence-corrected chi connectivity index (χ0v) is 29.8. The molecule has 0 atom stereocenters. The number of hydrogen-bond acceptors (Lipinski definition) is 3. The van der Waals surface area contributed by atoms with Gasteiger partial charge in [0.25, 0.3) is 0 Å². The highest BCUT2D eigenvalue weighted by atomic mass is 16.3. The van der Waals surface area contributed by atoms with E-state index in [0.717, 1.165) is 77.5 Å². The number of anilines is 3. The third-order valence-corrected chi connectivity index (χ3v) is 10.9. The summed E-state index contributed by atoms with van der Waals surface area (Å²) in [6.45, 7) is 0. The monoisotopic (exact) mass is 703 g/mol. The van der Waals surface area contributed by atoms with Crippen LogP contribution in [0.3, 0.4) is 0 Å². The number of hydrogen-bond donors (Lipinski definition) is 0. The second kappa shape index (κ2) is 12.6. The van der Waals surface area contributed by atoms with Gasteiger partial charge in [-0.1, -0.05) is 146 Å². The Labute approximate surface area is 317 Å². The second-order valence-electron chi connectivity index (χ2n) is 14.0. The van der Waals surface area contributed by atoms with Crippen molar-refractivity contribution < 1.29 is 8.83 Å². The number of furan rings is 2. The SMILES string of the molecule is c1ccc(-c2ccc(N(c3ccc(-c4ccccc4)cc3)c3ccc4c(oc5ccc6oc7ccccc7c6c54)c3-c3cccc4ccccc34)cc2)cc1. The molecule has 0 spiro atoms. The molecule has 9 aromatic carbocycles. The van der Waals surface area contributed by atoms with E-state index >= 15 is 0 Å². The number of nitrogens with zero attached hydrogens (tertiary/aromatic N) is 1. The molecular weight excluding hydrogens is 671 g/mol. The van der Waals surface area contributed by atoms with Gasteiger partial charge in [-0.05, 0) is 93.2 Å². The molecule has 0 bridgehead atoms. The molecule has 0 fully saturated rings. The van der Waals surface area contributed by atoms with Gasteiger partial charge in [0.2, 0.25) is 0 Å². The fraction of sp³-hybridized carbons (Fsp3) is 0. The summed E-state index contributed by atoms with van der Waals surface area (Å²) in [7, 11) is 0. The van der Waals surface area contributed by atoms with Gasteiger partial charge >= 0.3 is 0 Å². The zero-order valence-electron chi connectivity index (χ0n) is 29.8. The van der Waals surface area contributed by atoms with Gasteiger partial charge in [-0.3, -0.25) is 0 Å². The van der Waals surface area contributed by atoms with E-state index in [1.54, 1.807) is 0 Å². The van der Waals surface area contributed by atoms with E-state index in [-0.39, 0.29) is 0 Å². The third-order valence-electron chi connectivity index (χ3n) is 10.9. The first-order valence-electron chi connectivity index (χ1n) is 18.7. The lowest BCUT2D eigenvalue weighted by molar-refractivity contribution is 0.663. The summed E-state index contributed by atoms with van der Waals surface area (Å²) in [4.78, 5) is 2.37. The molecular formula is C52H33NO2. The van der Waals surface area contributed by atoms with Gasteiger partial charge < -0.3 is 13.7 Å². The molecule has 0 saturated heterocycles. The normalized spacial score (nSPS) is 11.6. The molecule has 0 aliphatic carbocycles. The van der Waals surface area contributed by atoms with Gasteiger partial charge in [0, 0.05) is 38.5 Å². The molecule has 3 heteroatoms. The molecule has 55 heavy (non-hydrogen) atoms. The minimum absolute atomic E-state index is 0.832. The van der Waals surface area contributed by atoms with Crippen LogP contribution in [0.4, 0.5) is 17.1 Å². The molecule has 0 N–H and O–H groups in total.